The van der Waals surface area contributed by atoms with Crippen LogP contribution in [0.1, 0.15) is 42.4 Å². The van der Waals surface area contributed by atoms with Gasteiger partial charge in [0.15, 0.2) is 0 Å². The van der Waals surface area contributed by atoms with Gasteiger partial charge in [-0.2, -0.15) is 0 Å². The second-order valence-electron chi connectivity index (χ2n) is 9.80. The summed E-state index contributed by atoms with van der Waals surface area (Å²) >= 11 is 13.9. The maximum absolute atomic E-state index is 13.8. The summed E-state index contributed by atoms with van der Waals surface area (Å²) in [6.45, 7) is 0.299. The SMILES string of the molecule is COc1cccc(CN(C(=O)CSCc2ccc(Cl)cc2Cl)[C@H](Cc2ccccc2)C(=O)NC2CCCC2)c1. The van der Waals surface area contributed by atoms with Gasteiger partial charge in [0.1, 0.15) is 11.8 Å². The van der Waals surface area contributed by atoms with E-state index in [1.54, 1.807) is 24.1 Å². The van der Waals surface area contributed by atoms with Gasteiger partial charge in [-0.05, 0) is 53.8 Å². The molecule has 5 nitrogen and oxygen atoms in total. The van der Waals surface area contributed by atoms with Gasteiger partial charge in [-0.25, -0.2) is 0 Å². The Kier molecular flexibility index (Phi) is 11.0. The van der Waals surface area contributed by atoms with Gasteiger partial charge in [-0.3, -0.25) is 9.59 Å². The summed E-state index contributed by atoms with van der Waals surface area (Å²) in [5, 5.41) is 4.40. The number of hydrogen-bond acceptors (Lipinski definition) is 4. The smallest absolute Gasteiger partial charge is 0.243 e. The van der Waals surface area contributed by atoms with Crippen molar-refractivity contribution >= 4 is 46.8 Å². The van der Waals surface area contributed by atoms with Gasteiger partial charge in [0.2, 0.25) is 11.8 Å². The molecule has 39 heavy (non-hydrogen) atoms. The summed E-state index contributed by atoms with van der Waals surface area (Å²) in [5.74, 6) is 1.28. The Morgan fingerprint density at radius 2 is 1.74 bits per heavy atom. The van der Waals surface area contributed by atoms with Crippen molar-refractivity contribution < 1.29 is 14.3 Å². The van der Waals surface area contributed by atoms with E-state index in [2.05, 4.69) is 5.32 Å². The summed E-state index contributed by atoms with van der Waals surface area (Å²) in [5.41, 5.74) is 2.83. The number of rotatable bonds is 12. The second kappa shape index (κ2) is 14.6. The maximum Gasteiger partial charge on any atom is 0.243 e. The number of benzene rings is 3. The minimum absolute atomic E-state index is 0.101. The first kappa shape index (κ1) is 29.3. The number of carbonyl (C=O) groups excluding carboxylic acids is 2. The van der Waals surface area contributed by atoms with Crippen molar-refractivity contribution in [2.45, 2.75) is 56.5 Å². The summed E-state index contributed by atoms with van der Waals surface area (Å²) in [6, 6.07) is 22.4. The molecule has 1 atom stereocenters. The van der Waals surface area contributed by atoms with Crippen LogP contribution in [0.25, 0.3) is 0 Å². The van der Waals surface area contributed by atoms with Crippen LogP contribution in [0.15, 0.2) is 72.8 Å². The van der Waals surface area contributed by atoms with E-state index >= 15 is 0 Å². The fourth-order valence-corrected chi connectivity index (χ4v) is 6.33. The zero-order valence-electron chi connectivity index (χ0n) is 22.1. The molecule has 0 bridgehead atoms. The van der Waals surface area contributed by atoms with Crippen LogP contribution >= 0.6 is 35.0 Å². The monoisotopic (exact) mass is 584 g/mol. The van der Waals surface area contributed by atoms with Crippen LogP contribution in [0.2, 0.25) is 10.0 Å². The largest absolute Gasteiger partial charge is 0.497 e. The van der Waals surface area contributed by atoms with Gasteiger partial charge in [0.25, 0.3) is 0 Å². The molecule has 0 radical (unpaired) electrons. The van der Waals surface area contributed by atoms with E-state index in [1.807, 2.05) is 60.7 Å². The molecule has 1 saturated carbocycles. The molecule has 1 aliphatic carbocycles. The lowest BCUT2D eigenvalue weighted by atomic mass is 10.0. The fraction of sp³-hybridized carbons (Fsp3) is 0.355. The van der Waals surface area contributed by atoms with Crippen LogP contribution < -0.4 is 10.1 Å². The number of hydrogen-bond donors (Lipinski definition) is 1. The molecule has 3 aromatic rings. The highest BCUT2D eigenvalue weighted by Gasteiger charge is 2.32. The first-order valence-electron chi connectivity index (χ1n) is 13.2. The number of nitrogens with one attached hydrogen (secondary N) is 1. The van der Waals surface area contributed by atoms with E-state index in [0.717, 1.165) is 42.4 Å². The predicted octanol–water partition coefficient (Wildman–Crippen LogP) is 6.93. The predicted molar refractivity (Wildman–Crippen MR) is 161 cm³/mol. The number of methoxy groups -OCH3 is 1. The van der Waals surface area contributed by atoms with Gasteiger partial charge in [0.05, 0.1) is 12.9 Å². The Morgan fingerprint density at radius 3 is 2.46 bits per heavy atom. The first-order valence-corrected chi connectivity index (χ1v) is 15.1. The third-order valence-corrected chi connectivity index (χ3v) is 8.51. The number of carbonyl (C=O) groups is 2. The van der Waals surface area contributed by atoms with Crippen LogP contribution in [-0.4, -0.2) is 41.7 Å². The zero-order chi connectivity index (χ0) is 27.6. The highest BCUT2D eigenvalue weighted by Crippen LogP contribution is 2.26. The number of halogens is 2. The fourth-order valence-electron chi connectivity index (χ4n) is 4.86. The number of ether oxygens (including phenoxy) is 1. The highest BCUT2D eigenvalue weighted by atomic mass is 35.5. The molecule has 1 fully saturated rings. The Hall–Kier alpha value is -2.67. The Balaban J connectivity index is 1.58. The van der Waals surface area contributed by atoms with Crippen molar-refractivity contribution in [2.24, 2.45) is 0 Å². The minimum atomic E-state index is -0.647. The van der Waals surface area contributed by atoms with Crippen LogP contribution in [0.5, 0.6) is 5.75 Å². The normalized spacial score (nSPS) is 14.1. The molecule has 0 saturated heterocycles. The average molecular weight is 586 g/mol. The summed E-state index contributed by atoms with van der Waals surface area (Å²) < 4.78 is 5.41. The van der Waals surface area contributed by atoms with E-state index in [4.69, 9.17) is 27.9 Å². The van der Waals surface area contributed by atoms with Gasteiger partial charge >= 0.3 is 0 Å². The molecule has 1 aliphatic rings. The van der Waals surface area contributed by atoms with Crippen LogP contribution in [0.3, 0.4) is 0 Å². The highest BCUT2D eigenvalue weighted by molar-refractivity contribution is 7.99. The minimum Gasteiger partial charge on any atom is -0.497 e. The van der Waals surface area contributed by atoms with Crippen molar-refractivity contribution in [1.82, 2.24) is 10.2 Å². The summed E-state index contributed by atoms with van der Waals surface area (Å²) in [7, 11) is 1.62. The summed E-state index contributed by atoms with van der Waals surface area (Å²) in [4.78, 5) is 29.3. The van der Waals surface area contributed by atoms with Crippen molar-refractivity contribution in [3.05, 3.63) is 99.5 Å². The number of amides is 2. The van der Waals surface area contributed by atoms with E-state index in [0.29, 0.717) is 34.5 Å². The number of thioether (sulfide) groups is 1. The molecule has 0 spiro atoms. The average Bonchev–Trinajstić information content (AvgIpc) is 3.45. The maximum atomic E-state index is 13.8. The van der Waals surface area contributed by atoms with Crippen molar-refractivity contribution in [3.8, 4) is 5.75 Å². The molecule has 8 heteroatoms. The van der Waals surface area contributed by atoms with Gasteiger partial charge in [0, 0.05) is 34.8 Å². The lowest BCUT2D eigenvalue weighted by Crippen LogP contribution is -2.52. The first-order chi connectivity index (χ1) is 18.9. The molecule has 3 aromatic carbocycles. The van der Waals surface area contributed by atoms with E-state index in [9.17, 15) is 9.59 Å². The van der Waals surface area contributed by atoms with Crippen molar-refractivity contribution in [2.75, 3.05) is 12.9 Å². The van der Waals surface area contributed by atoms with E-state index < -0.39 is 6.04 Å². The van der Waals surface area contributed by atoms with E-state index in [1.165, 1.54) is 11.8 Å². The topological polar surface area (TPSA) is 58.6 Å². The number of nitrogens with zero attached hydrogens (tertiary/aromatic N) is 1. The lowest BCUT2D eigenvalue weighted by molar-refractivity contribution is -0.139. The summed E-state index contributed by atoms with van der Waals surface area (Å²) in [6.07, 6.45) is 4.62. The Morgan fingerprint density at radius 1 is 1.00 bits per heavy atom. The molecular formula is C31H34Cl2N2O3S. The van der Waals surface area contributed by atoms with Crippen LogP contribution in [0.4, 0.5) is 0 Å². The molecule has 206 valence electrons. The lowest BCUT2D eigenvalue weighted by Gasteiger charge is -2.32. The Bertz CT molecular complexity index is 1250. The van der Waals surface area contributed by atoms with Crippen molar-refractivity contribution in [3.63, 3.8) is 0 Å². The molecule has 1 N–H and O–H groups in total. The molecule has 0 aromatic heterocycles. The van der Waals surface area contributed by atoms with E-state index in [-0.39, 0.29) is 23.6 Å². The van der Waals surface area contributed by atoms with Crippen molar-refractivity contribution in [1.29, 1.82) is 0 Å². The molecule has 0 unspecified atom stereocenters. The van der Waals surface area contributed by atoms with Gasteiger partial charge in [-0.1, -0.05) is 84.6 Å². The third-order valence-electron chi connectivity index (χ3n) is 6.96. The molecule has 0 aliphatic heterocycles. The molecule has 0 heterocycles. The van der Waals surface area contributed by atoms with Crippen LogP contribution in [0, 0.1) is 0 Å². The van der Waals surface area contributed by atoms with Gasteiger partial charge in [-0.15, -0.1) is 11.8 Å². The third kappa shape index (κ3) is 8.66. The zero-order valence-corrected chi connectivity index (χ0v) is 24.4. The second-order valence-corrected chi connectivity index (χ2v) is 11.6. The van der Waals surface area contributed by atoms with Crippen LogP contribution in [-0.2, 0) is 28.3 Å². The Labute approximate surface area is 245 Å². The molecule has 2 amide bonds. The van der Waals surface area contributed by atoms with Gasteiger partial charge < -0.3 is 15.0 Å². The molecule has 4 rings (SSSR count). The molecular weight excluding hydrogens is 551 g/mol. The standard InChI is InChI=1S/C31H34Cl2N2O3S/c1-38-27-13-7-10-23(16-27)19-35(30(36)21-39-20-24-14-15-25(32)18-28(24)33)29(17-22-8-3-2-4-9-22)31(37)34-26-11-5-6-12-26/h2-4,7-10,13-16,18,26,29H,5-6,11-12,17,19-21H2,1H3,(H,34,37)/t29-/m1/s1. The quantitative estimate of drug-likeness (QED) is 0.250.